The van der Waals surface area contributed by atoms with Gasteiger partial charge in [0.25, 0.3) is 0 Å². The Labute approximate surface area is 120 Å². The fourth-order valence-electron chi connectivity index (χ4n) is 2.46. The van der Waals surface area contributed by atoms with E-state index in [1.165, 1.54) is 5.39 Å². The number of nitrogen functional groups attached to an aromatic ring is 1. The van der Waals surface area contributed by atoms with E-state index in [0.29, 0.717) is 0 Å². The van der Waals surface area contributed by atoms with Gasteiger partial charge in [-0.05, 0) is 30.7 Å². The second-order valence-corrected chi connectivity index (χ2v) is 5.94. The summed E-state index contributed by atoms with van der Waals surface area (Å²) in [4.78, 5) is 8.16. The van der Waals surface area contributed by atoms with Gasteiger partial charge < -0.3 is 10.7 Å². The van der Waals surface area contributed by atoms with Gasteiger partial charge in [-0.2, -0.15) is 0 Å². The summed E-state index contributed by atoms with van der Waals surface area (Å²) in [7, 11) is 0. The first-order valence-electron chi connectivity index (χ1n) is 6.46. The van der Waals surface area contributed by atoms with Crippen LogP contribution in [0.25, 0.3) is 31.8 Å². The summed E-state index contributed by atoms with van der Waals surface area (Å²) < 4.78 is 1.07. The highest BCUT2D eigenvalue weighted by Crippen LogP contribution is 2.35. The number of anilines is 1. The largest absolute Gasteiger partial charge is 0.398 e. The van der Waals surface area contributed by atoms with Crippen LogP contribution in [-0.4, -0.2) is 9.97 Å². The average Bonchev–Trinajstić information content (AvgIpc) is 3.06. The highest BCUT2D eigenvalue weighted by molar-refractivity contribution is 7.22. The maximum Gasteiger partial charge on any atom is 0.141 e. The fourth-order valence-corrected chi connectivity index (χ4v) is 3.50. The molecule has 0 aliphatic heterocycles. The molecular formula is C16H13N3S. The van der Waals surface area contributed by atoms with E-state index in [2.05, 4.69) is 30.1 Å². The monoisotopic (exact) mass is 279 g/mol. The van der Waals surface area contributed by atoms with Crippen molar-refractivity contribution in [2.24, 2.45) is 0 Å². The molecule has 2 aromatic heterocycles. The van der Waals surface area contributed by atoms with Gasteiger partial charge in [-0.1, -0.05) is 24.3 Å². The summed E-state index contributed by atoms with van der Waals surface area (Å²) in [6.07, 6.45) is 0. The van der Waals surface area contributed by atoms with Crippen LogP contribution in [0.4, 0.5) is 5.69 Å². The average molecular weight is 279 g/mol. The molecule has 0 radical (unpaired) electrons. The third-order valence-electron chi connectivity index (χ3n) is 3.54. The molecule has 20 heavy (non-hydrogen) atoms. The number of aromatic nitrogens is 2. The lowest BCUT2D eigenvalue weighted by Crippen LogP contribution is -1.85. The van der Waals surface area contributed by atoms with Gasteiger partial charge in [0.1, 0.15) is 5.01 Å². The smallest absolute Gasteiger partial charge is 0.141 e. The quantitative estimate of drug-likeness (QED) is 0.509. The van der Waals surface area contributed by atoms with Crippen molar-refractivity contribution in [1.82, 2.24) is 9.97 Å². The first-order valence-corrected chi connectivity index (χ1v) is 7.28. The maximum atomic E-state index is 6.05. The van der Waals surface area contributed by atoms with Crippen LogP contribution in [0, 0.1) is 6.92 Å². The van der Waals surface area contributed by atoms with Crippen LogP contribution in [0.3, 0.4) is 0 Å². The molecule has 0 aliphatic carbocycles. The Balaban J connectivity index is 1.98. The van der Waals surface area contributed by atoms with Gasteiger partial charge in [0.05, 0.1) is 21.6 Å². The van der Waals surface area contributed by atoms with Crippen molar-refractivity contribution < 1.29 is 0 Å². The van der Waals surface area contributed by atoms with Crippen LogP contribution in [0.15, 0.2) is 42.5 Å². The minimum Gasteiger partial charge on any atom is -0.398 e. The van der Waals surface area contributed by atoms with Crippen molar-refractivity contribution in [3.63, 3.8) is 0 Å². The van der Waals surface area contributed by atoms with Gasteiger partial charge in [0.2, 0.25) is 0 Å². The van der Waals surface area contributed by atoms with E-state index in [-0.39, 0.29) is 0 Å². The molecule has 0 bridgehead atoms. The number of aryl methyl sites for hydroxylation is 1. The zero-order valence-electron chi connectivity index (χ0n) is 11.0. The SMILES string of the molecule is Cc1ccc(N)c2sc(-c3cc4ccccc4[nH]3)nc12. The predicted molar refractivity (Wildman–Crippen MR) is 86.1 cm³/mol. The number of hydrogen-bond acceptors (Lipinski definition) is 3. The lowest BCUT2D eigenvalue weighted by molar-refractivity contribution is 1.38. The Morgan fingerprint density at radius 1 is 1.15 bits per heavy atom. The molecule has 0 amide bonds. The van der Waals surface area contributed by atoms with Crippen molar-refractivity contribution in [3.8, 4) is 10.7 Å². The zero-order valence-corrected chi connectivity index (χ0v) is 11.8. The Kier molecular flexibility index (Phi) is 2.35. The maximum absolute atomic E-state index is 6.05. The van der Waals surface area contributed by atoms with Crippen LogP contribution in [-0.2, 0) is 0 Å². The minimum absolute atomic E-state index is 0.797. The summed E-state index contributed by atoms with van der Waals surface area (Å²) in [6.45, 7) is 2.07. The lowest BCUT2D eigenvalue weighted by Gasteiger charge is -1.96. The molecule has 0 unspecified atom stereocenters. The van der Waals surface area contributed by atoms with Crippen molar-refractivity contribution in [2.75, 3.05) is 5.73 Å². The van der Waals surface area contributed by atoms with Gasteiger partial charge in [-0.15, -0.1) is 11.3 Å². The Hall–Kier alpha value is -2.33. The fraction of sp³-hybridized carbons (Fsp3) is 0.0625. The van der Waals surface area contributed by atoms with E-state index in [4.69, 9.17) is 10.7 Å². The van der Waals surface area contributed by atoms with Gasteiger partial charge in [-0.3, -0.25) is 0 Å². The topological polar surface area (TPSA) is 54.7 Å². The van der Waals surface area contributed by atoms with Crippen molar-refractivity contribution in [1.29, 1.82) is 0 Å². The van der Waals surface area contributed by atoms with Gasteiger partial charge in [0, 0.05) is 10.9 Å². The number of benzene rings is 2. The molecule has 0 fully saturated rings. The van der Waals surface area contributed by atoms with Crippen LogP contribution >= 0.6 is 11.3 Å². The molecule has 2 heterocycles. The minimum atomic E-state index is 0.797. The van der Waals surface area contributed by atoms with E-state index in [0.717, 1.165) is 37.7 Å². The Morgan fingerprint density at radius 2 is 2.00 bits per heavy atom. The number of nitrogens with two attached hydrogens (primary N) is 1. The molecule has 4 heteroatoms. The summed E-state index contributed by atoms with van der Waals surface area (Å²) in [5.41, 5.74) is 11.2. The van der Waals surface area contributed by atoms with Crippen molar-refractivity contribution in [3.05, 3.63) is 48.0 Å². The number of H-pyrrole nitrogens is 1. The van der Waals surface area contributed by atoms with Crippen LogP contribution in [0.2, 0.25) is 0 Å². The van der Waals surface area contributed by atoms with E-state index < -0.39 is 0 Å². The van der Waals surface area contributed by atoms with Crippen molar-refractivity contribution in [2.45, 2.75) is 6.92 Å². The number of aromatic amines is 1. The third kappa shape index (κ3) is 1.62. The summed E-state index contributed by atoms with van der Waals surface area (Å²) in [5.74, 6) is 0. The Morgan fingerprint density at radius 3 is 2.80 bits per heavy atom. The van der Waals surface area contributed by atoms with Crippen molar-refractivity contribution >= 4 is 38.1 Å². The standard InChI is InChI=1S/C16H13N3S/c1-9-6-7-11(17)15-14(9)19-16(20-15)13-8-10-4-2-3-5-12(10)18-13/h2-8,18H,17H2,1H3. The molecule has 0 spiro atoms. The number of para-hydroxylation sites is 1. The number of thiazole rings is 1. The van der Waals surface area contributed by atoms with Crippen LogP contribution in [0.1, 0.15) is 5.56 Å². The number of nitrogens with one attached hydrogen (secondary N) is 1. The summed E-state index contributed by atoms with van der Waals surface area (Å²) in [5, 5.41) is 2.18. The van der Waals surface area contributed by atoms with E-state index in [1.807, 2.05) is 24.3 Å². The van der Waals surface area contributed by atoms with Gasteiger partial charge in [-0.25, -0.2) is 4.98 Å². The molecule has 4 rings (SSSR count). The molecule has 98 valence electrons. The molecular weight excluding hydrogens is 266 g/mol. The number of fused-ring (bicyclic) bond motifs is 2. The molecule has 0 saturated heterocycles. The zero-order chi connectivity index (χ0) is 13.7. The summed E-state index contributed by atoms with van der Waals surface area (Å²) >= 11 is 1.64. The lowest BCUT2D eigenvalue weighted by atomic mass is 10.2. The molecule has 3 nitrogen and oxygen atoms in total. The number of hydrogen-bond donors (Lipinski definition) is 2. The van der Waals surface area contributed by atoms with Crippen LogP contribution in [0.5, 0.6) is 0 Å². The highest BCUT2D eigenvalue weighted by atomic mass is 32.1. The first-order chi connectivity index (χ1) is 9.72. The predicted octanol–water partition coefficient (Wildman–Crippen LogP) is 4.34. The van der Waals surface area contributed by atoms with E-state index in [9.17, 15) is 0 Å². The Bertz CT molecular complexity index is 861. The second kappa shape index (κ2) is 4.08. The molecule has 0 saturated carbocycles. The highest BCUT2D eigenvalue weighted by Gasteiger charge is 2.12. The van der Waals surface area contributed by atoms with Gasteiger partial charge in [0.15, 0.2) is 0 Å². The van der Waals surface area contributed by atoms with Crippen LogP contribution < -0.4 is 5.73 Å². The van der Waals surface area contributed by atoms with Gasteiger partial charge >= 0.3 is 0 Å². The van der Waals surface area contributed by atoms with E-state index in [1.54, 1.807) is 11.3 Å². The number of nitrogens with zero attached hydrogens (tertiary/aromatic N) is 1. The molecule has 0 atom stereocenters. The van der Waals surface area contributed by atoms with E-state index >= 15 is 0 Å². The molecule has 4 aromatic rings. The third-order valence-corrected chi connectivity index (χ3v) is 4.67. The first kappa shape index (κ1) is 11.5. The number of rotatable bonds is 1. The molecule has 2 aromatic carbocycles. The second-order valence-electron chi connectivity index (χ2n) is 4.94. The normalized spacial score (nSPS) is 11.4. The summed E-state index contributed by atoms with van der Waals surface area (Å²) in [6, 6.07) is 14.4. The molecule has 0 aliphatic rings. The molecule has 3 N–H and O–H groups in total.